The Morgan fingerprint density at radius 2 is 1.84 bits per heavy atom. The molecule has 0 saturated heterocycles. The average Bonchev–Trinajstić information content (AvgIpc) is 3.37. The maximum Gasteiger partial charge on any atom is 0.273 e. The molecule has 0 amide bonds. The van der Waals surface area contributed by atoms with Crippen LogP contribution in [0.3, 0.4) is 0 Å². The molecule has 0 unspecified atom stereocenters. The maximum atomic E-state index is 5.97. The van der Waals surface area contributed by atoms with E-state index in [4.69, 9.17) is 9.47 Å². The van der Waals surface area contributed by atoms with Gasteiger partial charge >= 0.3 is 0 Å². The average molecular weight is 416 g/mol. The van der Waals surface area contributed by atoms with Gasteiger partial charge in [0.2, 0.25) is 0 Å². The van der Waals surface area contributed by atoms with Crippen LogP contribution < -0.4 is 9.47 Å². The van der Waals surface area contributed by atoms with Gasteiger partial charge in [-0.1, -0.05) is 30.3 Å². The second-order valence-electron chi connectivity index (χ2n) is 6.97. The van der Waals surface area contributed by atoms with E-state index in [9.17, 15) is 0 Å². The van der Waals surface area contributed by atoms with Crippen LogP contribution in [-0.2, 0) is 6.61 Å². The van der Waals surface area contributed by atoms with Crippen molar-refractivity contribution in [3.05, 3.63) is 83.4 Å². The van der Waals surface area contributed by atoms with E-state index in [0.29, 0.717) is 30.7 Å². The normalized spacial score (nSPS) is 11.2. The molecule has 4 rings (SSSR count). The molecule has 0 N–H and O–H groups in total. The highest BCUT2D eigenvalue weighted by atomic mass is 16.5. The zero-order chi connectivity index (χ0) is 21.6. The van der Waals surface area contributed by atoms with E-state index in [1.165, 1.54) is 0 Å². The van der Waals surface area contributed by atoms with E-state index in [-0.39, 0.29) is 0 Å². The summed E-state index contributed by atoms with van der Waals surface area (Å²) in [5.74, 6) is 1.88. The molecule has 2 aromatic heterocycles. The van der Waals surface area contributed by atoms with Crippen molar-refractivity contribution in [2.24, 2.45) is 5.10 Å². The van der Waals surface area contributed by atoms with Crippen LogP contribution in [0.25, 0.3) is 5.95 Å². The molecule has 0 aliphatic heterocycles. The SMILES string of the molecule is CCOc1cc(/C=N\n2cnnc2-n2nc(C)cc2C)ccc1OCc1ccccc1. The van der Waals surface area contributed by atoms with E-state index in [0.717, 1.165) is 22.5 Å². The standard InChI is InChI=1S/C23H24N6O2/c1-4-30-22-13-20(10-11-21(22)31-15-19-8-6-5-7-9-19)14-25-28-16-24-26-23(28)29-18(3)12-17(2)27-29/h5-14,16H,4,15H2,1-3H3/b25-14-. The molecule has 31 heavy (non-hydrogen) atoms. The molecule has 0 atom stereocenters. The minimum Gasteiger partial charge on any atom is -0.490 e. The van der Waals surface area contributed by atoms with Gasteiger partial charge in [-0.3, -0.25) is 0 Å². The summed E-state index contributed by atoms with van der Waals surface area (Å²) in [6.45, 7) is 6.85. The first kappa shape index (κ1) is 20.3. The lowest BCUT2D eigenvalue weighted by Gasteiger charge is -2.12. The highest BCUT2D eigenvalue weighted by Crippen LogP contribution is 2.29. The number of rotatable bonds is 8. The number of benzene rings is 2. The smallest absolute Gasteiger partial charge is 0.273 e. The third-order valence-corrected chi connectivity index (χ3v) is 4.55. The number of hydrogen-bond acceptors (Lipinski definition) is 6. The van der Waals surface area contributed by atoms with Crippen LogP contribution >= 0.6 is 0 Å². The topological polar surface area (TPSA) is 79.4 Å². The first-order chi connectivity index (χ1) is 15.1. The van der Waals surface area contributed by atoms with Crippen molar-refractivity contribution in [3.63, 3.8) is 0 Å². The monoisotopic (exact) mass is 416 g/mol. The fraction of sp³-hybridized carbons (Fsp3) is 0.217. The lowest BCUT2D eigenvalue weighted by molar-refractivity contribution is 0.269. The summed E-state index contributed by atoms with van der Waals surface area (Å²) in [6.07, 6.45) is 3.27. The molecule has 0 radical (unpaired) electrons. The van der Waals surface area contributed by atoms with Gasteiger partial charge in [0.25, 0.3) is 5.95 Å². The lowest BCUT2D eigenvalue weighted by atomic mass is 10.2. The minimum absolute atomic E-state index is 0.473. The summed E-state index contributed by atoms with van der Waals surface area (Å²) in [7, 11) is 0. The van der Waals surface area contributed by atoms with Crippen molar-refractivity contribution < 1.29 is 9.47 Å². The number of aromatic nitrogens is 5. The van der Waals surface area contributed by atoms with E-state index in [1.54, 1.807) is 21.9 Å². The molecule has 0 aliphatic carbocycles. The molecule has 2 heterocycles. The van der Waals surface area contributed by atoms with Crippen LogP contribution in [0.15, 0.2) is 66.0 Å². The van der Waals surface area contributed by atoms with Gasteiger partial charge in [0, 0.05) is 5.69 Å². The van der Waals surface area contributed by atoms with E-state index < -0.39 is 0 Å². The van der Waals surface area contributed by atoms with Crippen LogP contribution in [0.4, 0.5) is 0 Å². The Bertz CT molecular complexity index is 1180. The van der Waals surface area contributed by atoms with Gasteiger partial charge in [-0.05, 0) is 56.2 Å². The van der Waals surface area contributed by atoms with Gasteiger partial charge in [-0.25, -0.2) is 4.68 Å². The maximum absolute atomic E-state index is 5.97. The zero-order valence-electron chi connectivity index (χ0n) is 17.8. The van der Waals surface area contributed by atoms with Gasteiger partial charge in [0.05, 0.1) is 18.5 Å². The van der Waals surface area contributed by atoms with Crippen molar-refractivity contribution in [1.29, 1.82) is 0 Å². The van der Waals surface area contributed by atoms with Crippen molar-refractivity contribution in [2.45, 2.75) is 27.4 Å². The Balaban J connectivity index is 1.54. The third kappa shape index (κ3) is 4.80. The molecule has 0 spiro atoms. The Kier molecular flexibility index (Phi) is 6.07. The molecule has 8 nitrogen and oxygen atoms in total. The van der Waals surface area contributed by atoms with E-state index >= 15 is 0 Å². The zero-order valence-corrected chi connectivity index (χ0v) is 17.8. The van der Waals surface area contributed by atoms with Crippen LogP contribution in [0, 0.1) is 13.8 Å². The van der Waals surface area contributed by atoms with Crippen molar-refractivity contribution >= 4 is 6.21 Å². The third-order valence-electron chi connectivity index (χ3n) is 4.55. The Labute approximate surface area is 180 Å². The molecule has 0 saturated carbocycles. The molecular formula is C23H24N6O2. The molecule has 2 aromatic carbocycles. The fourth-order valence-corrected chi connectivity index (χ4v) is 3.13. The van der Waals surface area contributed by atoms with Crippen molar-refractivity contribution in [3.8, 4) is 17.4 Å². The number of nitrogens with zero attached hydrogens (tertiary/aromatic N) is 6. The second kappa shape index (κ2) is 9.25. The number of hydrogen-bond donors (Lipinski definition) is 0. The van der Waals surface area contributed by atoms with E-state index in [2.05, 4.69) is 20.4 Å². The summed E-state index contributed by atoms with van der Waals surface area (Å²) >= 11 is 0. The first-order valence-electron chi connectivity index (χ1n) is 10.1. The second-order valence-corrected chi connectivity index (χ2v) is 6.97. The Morgan fingerprint density at radius 1 is 1.00 bits per heavy atom. The lowest BCUT2D eigenvalue weighted by Crippen LogP contribution is -2.06. The molecule has 0 aliphatic rings. The summed E-state index contributed by atoms with van der Waals surface area (Å²) < 4.78 is 15.0. The first-order valence-corrected chi connectivity index (χ1v) is 10.1. The highest BCUT2D eigenvalue weighted by molar-refractivity contribution is 5.80. The quantitative estimate of drug-likeness (QED) is 0.407. The number of aryl methyl sites for hydroxylation is 2. The summed E-state index contributed by atoms with van der Waals surface area (Å²) in [6, 6.07) is 17.7. The summed E-state index contributed by atoms with van der Waals surface area (Å²) in [5.41, 5.74) is 3.83. The molecule has 0 bridgehead atoms. The Morgan fingerprint density at radius 3 is 2.58 bits per heavy atom. The van der Waals surface area contributed by atoms with Crippen LogP contribution in [0.2, 0.25) is 0 Å². The molecule has 158 valence electrons. The van der Waals surface area contributed by atoms with Crippen LogP contribution in [-0.4, -0.2) is 37.5 Å². The number of ether oxygens (including phenoxy) is 2. The predicted octanol–water partition coefficient (Wildman–Crippen LogP) is 3.94. The van der Waals surface area contributed by atoms with Crippen LogP contribution in [0.1, 0.15) is 29.4 Å². The van der Waals surface area contributed by atoms with Crippen LogP contribution in [0.5, 0.6) is 11.5 Å². The molecule has 8 heteroatoms. The highest BCUT2D eigenvalue weighted by Gasteiger charge is 2.11. The molecular weight excluding hydrogens is 392 g/mol. The Hall–Kier alpha value is -3.94. The van der Waals surface area contributed by atoms with Gasteiger partial charge in [-0.15, -0.1) is 10.2 Å². The largest absolute Gasteiger partial charge is 0.490 e. The molecule has 4 aromatic rings. The summed E-state index contributed by atoms with van der Waals surface area (Å²) in [5, 5.41) is 17.1. The van der Waals surface area contributed by atoms with Crippen molar-refractivity contribution in [1.82, 2.24) is 24.7 Å². The van der Waals surface area contributed by atoms with Gasteiger partial charge < -0.3 is 9.47 Å². The predicted molar refractivity (Wildman–Crippen MR) is 118 cm³/mol. The molecule has 0 fully saturated rings. The minimum atomic E-state index is 0.473. The van der Waals surface area contributed by atoms with Gasteiger partial charge in [0.15, 0.2) is 11.5 Å². The van der Waals surface area contributed by atoms with E-state index in [1.807, 2.05) is 75.4 Å². The summed E-state index contributed by atoms with van der Waals surface area (Å²) in [4.78, 5) is 0. The van der Waals surface area contributed by atoms with Crippen molar-refractivity contribution in [2.75, 3.05) is 6.61 Å². The van der Waals surface area contributed by atoms with Gasteiger partial charge in [-0.2, -0.15) is 14.9 Å². The fourth-order valence-electron chi connectivity index (χ4n) is 3.13. The van der Waals surface area contributed by atoms with Gasteiger partial charge in [0.1, 0.15) is 12.9 Å².